The first kappa shape index (κ1) is 28.0. The Kier molecular flexibility index (Phi) is 7.02. The molecule has 20 heteroatoms. The van der Waals surface area contributed by atoms with Gasteiger partial charge in [0.25, 0.3) is 11.1 Å². The molecule has 0 bridgehead atoms. The molecular formula is C21H24FN8O9PS. The van der Waals surface area contributed by atoms with Crippen molar-refractivity contribution < 1.29 is 37.7 Å². The second-order valence-electron chi connectivity index (χ2n) is 9.50. The molecule has 0 amide bonds. The Morgan fingerprint density at radius 3 is 2.85 bits per heavy atom. The van der Waals surface area contributed by atoms with Crippen LogP contribution in [0.4, 0.5) is 10.3 Å². The molecular weight excluding hydrogens is 590 g/mol. The first-order valence-electron chi connectivity index (χ1n) is 12.2. The van der Waals surface area contributed by atoms with E-state index in [1.165, 1.54) is 6.33 Å². The van der Waals surface area contributed by atoms with E-state index in [1.807, 2.05) is 0 Å². The number of H-pyrrole nitrogens is 2. The van der Waals surface area contributed by atoms with Crippen LogP contribution in [0, 0.1) is 0 Å². The zero-order valence-electron chi connectivity index (χ0n) is 20.9. The van der Waals surface area contributed by atoms with Crippen molar-refractivity contribution in [2.45, 2.75) is 42.9 Å². The van der Waals surface area contributed by atoms with E-state index < -0.39 is 68.6 Å². The summed E-state index contributed by atoms with van der Waals surface area (Å²) in [7, 11) is 0. The van der Waals surface area contributed by atoms with Crippen LogP contribution in [0.3, 0.4) is 0 Å². The summed E-state index contributed by atoms with van der Waals surface area (Å²) in [6.45, 7) is -6.31. The van der Waals surface area contributed by atoms with Crippen molar-refractivity contribution >= 4 is 47.2 Å². The number of nitrogens with one attached hydrogen (secondary N) is 2. The third-order valence-electron chi connectivity index (χ3n) is 6.98. The number of aliphatic hydroxyl groups is 2. The zero-order valence-corrected chi connectivity index (χ0v) is 22.7. The molecule has 41 heavy (non-hydrogen) atoms. The van der Waals surface area contributed by atoms with Crippen molar-refractivity contribution in [2.24, 2.45) is 0 Å². The van der Waals surface area contributed by atoms with Crippen molar-refractivity contribution in [3.8, 4) is 0 Å². The minimum absolute atomic E-state index is 0.0925. The Bertz CT molecular complexity index is 1780. The molecule has 4 aromatic heterocycles. The Morgan fingerprint density at radius 1 is 1.29 bits per heavy atom. The molecule has 17 nitrogen and oxygen atoms in total. The summed E-state index contributed by atoms with van der Waals surface area (Å²) in [6.07, 6.45) is -2.41. The van der Waals surface area contributed by atoms with Gasteiger partial charge >= 0.3 is 6.80 Å². The van der Waals surface area contributed by atoms with Crippen molar-refractivity contribution in [1.82, 2.24) is 34.1 Å². The van der Waals surface area contributed by atoms with Gasteiger partial charge in [-0.15, -0.1) is 0 Å². The number of thiol groups is 1. The number of aromatic amines is 2. The molecule has 2 saturated heterocycles. The van der Waals surface area contributed by atoms with Gasteiger partial charge in [-0.1, -0.05) is 12.2 Å². The highest BCUT2D eigenvalue weighted by atomic mass is 32.7. The maximum absolute atomic E-state index is 15.8. The van der Waals surface area contributed by atoms with Crippen molar-refractivity contribution in [1.29, 1.82) is 0 Å². The van der Waals surface area contributed by atoms with Crippen LogP contribution in [-0.4, -0.2) is 88.6 Å². The molecule has 7 atom stereocenters. The number of nitrogens with two attached hydrogens (primary N) is 1. The summed E-state index contributed by atoms with van der Waals surface area (Å²) < 4.78 is 54.1. The summed E-state index contributed by atoms with van der Waals surface area (Å²) in [6, 6.07) is 1.56. The van der Waals surface area contributed by atoms with Gasteiger partial charge in [-0.3, -0.25) is 28.2 Å². The summed E-state index contributed by atoms with van der Waals surface area (Å²) >= 11 is 4.01. The van der Waals surface area contributed by atoms with E-state index in [-0.39, 0.29) is 29.1 Å². The van der Waals surface area contributed by atoms with Gasteiger partial charge in [0, 0.05) is 12.6 Å². The van der Waals surface area contributed by atoms with Crippen LogP contribution in [0.2, 0.25) is 0 Å². The topological polar surface area (TPSA) is 235 Å². The second kappa shape index (κ2) is 10.3. The van der Waals surface area contributed by atoms with Crippen molar-refractivity contribution in [3.63, 3.8) is 0 Å². The monoisotopic (exact) mass is 614 g/mol. The third kappa shape index (κ3) is 4.77. The average molecular weight is 615 g/mol. The van der Waals surface area contributed by atoms with Crippen LogP contribution in [0.25, 0.3) is 22.2 Å². The zero-order chi connectivity index (χ0) is 29.1. The number of alkyl halides is 1. The second-order valence-corrected chi connectivity index (χ2v) is 12.3. The smallest absolute Gasteiger partial charge is 0.388 e. The standard InChI is InChI=1S/C21H24FN8O9PS/c22-15-11(4-31)36-6-21(15,30-8-26-14-17(30)27-20(23)28-19(14)34)39-40(35,41)37-5-12-10(32)3-13(38-12)29-2-1-9-16(29)24-7-25-18(9)33/h1-2,7-8,10-13,15,31-32H,3-6H2,(H,35,41)(H,24,25,33)(H3,23,27,28,34)/t10-,11+,12+,13+,15+,21-,40?/m0/s1. The van der Waals surface area contributed by atoms with Crippen LogP contribution in [-0.2, 0) is 28.8 Å². The number of imidazole rings is 1. The Labute approximate surface area is 233 Å². The first-order valence-corrected chi connectivity index (χ1v) is 14.9. The number of hydrogen-bond donors (Lipinski definition) is 6. The lowest BCUT2D eigenvalue weighted by molar-refractivity contribution is -0.0717. The van der Waals surface area contributed by atoms with E-state index in [0.717, 1.165) is 10.9 Å². The number of nitrogens with zero attached hydrogens (tertiary/aromatic N) is 5. The molecule has 2 fully saturated rings. The van der Waals surface area contributed by atoms with Crippen LogP contribution >= 0.6 is 19.0 Å². The summed E-state index contributed by atoms with van der Waals surface area (Å²) in [5.74, 6) is -0.296. The summed E-state index contributed by atoms with van der Waals surface area (Å²) in [4.78, 5) is 41.1. The van der Waals surface area contributed by atoms with Gasteiger partial charge in [0.05, 0.1) is 44.0 Å². The van der Waals surface area contributed by atoms with E-state index in [1.54, 1.807) is 16.8 Å². The molecule has 4 aromatic rings. The van der Waals surface area contributed by atoms with E-state index in [0.29, 0.717) is 11.0 Å². The lowest BCUT2D eigenvalue weighted by Crippen LogP contribution is -2.46. The largest absolute Gasteiger partial charge is 0.394 e. The van der Waals surface area contributed by atoms with Gasteiger partial charge in [-0.05, 0) is 6.07 Å². The number of rotatable bonds is 8. The molecule has 2 aliphatic rings. The van der Waals surface area contributed by atoms with E-state index >= 15 is 4.39 Å². The minimum Gasteiger partial charge on any atom is -0.394 e. The number of halogens is 1. The molecule has 0 saturated carbocycles. The van der Waals surface area contributed by atoms with Crippen LogP contribution < -0.4 is 16.9 Å². The van der Waals surface area contributed by atoms with Gasteiger partial charge < -0.3 is 35.0 Å². The van der Waals surface area contributed by atoms with E-state index in [2.05, 4.69) is 37.2 Å². The molecule has 0 spiro atoms. The van der Waals surface area contributed by atoms with E-state index in [9.17, 15) is 24.4 Å². The van der Waals surface area contributed by atoms with Gasteiger partial charge in [-0.2, -0.15) is 4.98 Å². The number of aromatic nitrogens is 7. The molecule has 220 valence electrons. The van der Waals surface area contributed by atoms with Crippen molar-refractivity contribution in [2.75, 3.05) is 25.6 Å². The maximum atomic E-state index is 15.8. The molecule has 0 aromatic carbocycles. The lowest BCUT2D eigenvalue weighted by Gasteiger charge is -2.33. The fraction of sp³-hybridized carbons (Fsp3) is 0.476. The number of ether oxygens (including phenoxy) is 2. The minimum atomic E-state index is -4.49. The fourth-order valence-electron chi connectivity index (χ4n) is 5.00. The summed E-state index contributed by atoms with van der Waals surface area (Å²) in [5.41, 5.74) is 2.25. The Balaban J connectivity index is 1.23. The van der Waals surface area contributed by atoms with Crippen LogP contribution in [0.1, 0.15) is 12.6 Å². The number of anilines is 1. The highest BCUT2D eigenvalue weighted by Gasteiger charge is 2.57. The molecule has 0 aliphatic carbocycles. The SMILES string of the molecule is Nc1nc2c(ncn2[C@]2(OP(=O)(S)OC[C@H]3O[C@@H](n4ccc5c(=O)[nH]cnc54)C[C@@H]3O)CO[C@H](CO)[C@H]2F)c(=O)[nH]1. The first-order chi connectivity index (χ1) is 19.5. The number of nitrogen functional groups attached to an aromatic ring is 1. The highest BCUT2D eigenvalue weighted by molar-refractivity contribution is 8.44. The fourth-order valence-corrected chi connectivity index (χ4v) is 6.65. The van der Waals surface area contributed by atoms with Gasteiger partial charge in [0.15, 0.2) is 17.3 Å². The van der Waals surface area contributed by atoms with Gasteiger partial charge in [0.2, 0.25) is 11.7 Å². The predicted molar refractivity (Wildman–Crippen MR) is 141 cm³/mol. The predicted octanol–water partition coefficient (Wildman–Crippen LogP) is -0.459. The van der Waals surface area contributed by atoms with E-state index in [4.69, 9.17) is 24.3 Å². The average Bonchev–Trinajstić information content (AvgIpc) is 3.69. The van der Waals surface area contributed by atoms with Gasteiger partial charge in [0.1, 0.15) is 24.1 Å². The molecule has 0 radical (unpaired) electrons. The molecule has 6 rings (SSSR count). The molecule has 6 N–H and O–H groups in total. The maximum Gasteiger partial charge on any atom is 0.388 e. The quantitative estimate of drug-likeness (QED) is 0.109. The molecule has 1 unspecified atom stereocenters. The Hall–Kier alpha value is -3.16. The number of aliphatic hydroxyl groups excluding tert-OH is 2. The third-order valence-corrected chi connectivity index (χ3v) is 8.59. The van der Waals surface area contributed by atoms with Gasteiger partial charge in [-0.25, -0.2) is 18.9 Å². The lowest BCUT2D eigenvalue weighted by atomic mass is 10.1. The number of fused-ring (bicyclic) bond motifs is 2. The Morgan fingerprint density at radius 2 is 2.10 bits per heavy atom. The molecule has 2 aliphatic heterocycles. The number of hydrogen-bond acceptors (Lipinski definition) is 13. The highest BCUT2D eigenvalue weighted by Crippen LogP contribution is 2.59. The normalized spacial score (nSPS) is 29.9. The van der Waals surface area contributed by atoms with Crippen LogP contribution in [0.15, 0.2) is 34.5 Å². The summed E-state index contributed by atoms with van der Waals surface area (Å²) in [5, 5.41) is 20.5. The molecule has 6 heterocycles. The van der Waals surface area contributed by atoms with Crippen LogP contribution in [0.5, 0.6) is 0 Å². The van der Waals surface area contributed by atoms with Crippen molar-refractivity contribution in [3.05, 3.63) is 45.6 Å².